The van der Waals surface area contributed by atoms with Crippen LogP contribution in [0.5, 0.6) is 5.88 Å². The van der Waals surface area contributed by atoms with Crippen LogP contribution in [0.3, 0.4) is 0 Å². The zero-order chi connectivity index (χ0) is 8.27. The molecule has 1 aromatic rings. The van der Waals surface area contributed by atoms with E-state index in [1.54, 1.807) is 0 Å². The zero-order valence-corrected chi connectivity index (χ0v) is 5.81. The van der Waals surface area contributed by atoms with E-state index in [1.165, 1.54) is 13.4 Å². The third kappa shape index (κ3) is 1.40. The van der Waals surface area contributed by atoms with E-state index < -0.39 is 5.91 Å². The smallest absolute Gasteiger partial charge is 0.274 e. The summed E-state index contributed by atoms with van der Waals surface area (Å²) in [5, 5.41) is 6.81. The fraction of sp³-hybridized carbons (Fsp3) is 0.200. The van der Waals surface area contributed by atoms with E-state index in [-0.39, 0.29) is 11.6 Å². The summed E-state index contributed by atoms with van der Waals surface area (Å²) in [6, 6.07) is 0. The Kier molecular flexibility index (Phi) is 1.95. The van der Waals surface area contributed by atoms with E-state index >= 15 is 0 Å². The molecule has 6 heteroatoms. The van der Waals surface area contributed by atoms with E-state index in [2.05, 4.69) is 15.2 Å². The van der Waals surface area contributed by atoms with E-state index in [4.69, 9.17) is 10.5 Å². The molecule has 1 heterocycles. The van der Waals surface area contributed by atoms with Gasteiger partial charge in [-0.15, -0.1) is 10.2 Å². The molecule has 0 saturated carbocycles. The molecule has 0 radical (unpaired) electrons. The summed E-state index contributed by atoms with van der Waals surface area (Å²) in [7, 11) is 1.37. The maximum atomic E-state index is 10.6. The molecular weight excluding hydrogens is 148 g/mol. The van der Waals surface area contributed by atoms with Crippen LogP contribution in [0.25, 0.3) is 0 Å². The molecule has 0 aliphatic heterocycles. The van der Waals surface area contributed by atoms with Gasteiger partial charge in [0.25, 0.3) is 5.91 Å². The van der Waals surface area contributed by atoms with Crippen molar-refractivity contribution in [1.82, 2.24) is 15.2 Å². The van der Waals surface area contributed by atoms with Gasteiger partial charge in [0.2, 0.25) is 11.6 Å². The molecule has 0 bridgehead atoms. The molecule has 0 aliphatic rings. The molecular formula is C5H6N4O2. The summed E-state index contributed by atoms with van der Waals surface area (Å²) in [6.45, 7) is 0. The maximum absolute atomic E-state index is 10.6. The Morgan fingerprint density at radius 1 is 1.73 bits per heavy atom. The molecule has 11 heavy (non-hydrogen) atoms. The molecule has 0 unspecified atom stereocenters. The van der Waals surface area contributed by atoms with Gasteiger partial charge in [0.15, 0.2) is 0 Å². The van der Waals surface area contributed by atoms with Gasteiger partial charge in [-0.2, -0.15) is 4.98 Å². The minimum Gasteiger partial charge on any atom is -0.479 e. The zero-order valence-electron chi connectivity index (χ0n) is 5.81. The van der Waals surface area contributed by atoms with Crippen molar-refractivity contribution in [2.24, 2.45) is 5.73 Å². The highest BCUT2D eigenvalue weighted by atomic mass is 16.5. The first kappa shape index (κ1) is 7.39. The minimum absolute atomic E-state index is 0.0602. The first-order valence-electron chi connectivity index (χ1n) is 2.77. The Hall–Kier alpha value is -1.72. The summed E-state index contributed by atoms with van der Waals surface area (Å²) >= 11 is 0. The van der Waals surface area contributed by atoms with E-state index in [1.807, 2.05) is 0 Å². The van der Waals surface area contributed by atoms with Crippen LogP contribution < -0.4 is 10.5 Å². The Bertz CT molecular complexity index is 275. The lowest BCUT2D eigenvalue weighted by molar-refractivity contribution is 0.0990. The van der Waals surface area contributed by atoms with Gasteiger partial charge in [-0.05, 0) is 0 Å². The molecule has 1 amide bonds. The Balaban J connectivity index is 3.12. The molecule has 0 saturated heterocycles. The third-order valence-electron chi connectivity index (χ3n) is 1.01. The maximum Gasteiger partial charge on any atom is 0.274 e. The average Bonchev–Trinajstić information content (AvgIpc) is 2.04. The van der Waals surface area contributed by atoms with Gasteiger partial charge in [-0.25, -0.2) is 0 Å². The highest BCUT2D eigenvalue weighted by Gasteiger charge is 2.10. The topological polar surface area (TPSA) is 91.0 Å². The Morgan fingerprint density at radius 3 is 2.91 bits per heavy atom. The van der Waals surface area contributed by atoms with Crippen molar-refractivity contribution in [3.8, 4) is 5.88 Å². The van der Waals surface area contributed by atoms with Crippen molar-refractivity contribution < 1.29 is 9.53 Å². The van der Waals surface area contributed by atoms with E-state index in [0.29, 0.717) is 0 Å². The summed E-state index contributed by atoms with van der Waals surface area (Å²) in [5.41, 5.74) is 4.87. The number of hydrogen-bond donors (Lipinski definition) is 1. The summed E-state index contributed by atoms with van der Waals surface area (Å²) in [6.07, 6.45) is 1.17. The van der Waals surface area contributed by atoms with Crippen LogP contribution in [0, 0.1) is 0 Å². The second-order valence-corrected chi connectivity index (χ2v) is 1.68. The number of hydrogen-bond acceptors (Lipinski definition) is 5. The van der Waals surface area contributed by atoms with Crippen LogP contribution in [0.2, 0.25) is 0 Å². The van der Waals surface area contributed by atoms with E-state index in [9.17, 15) is 4.79 Å². The third-order valence-corrected chi connectivity index (χ3v) is 1.01. The number of nitrogens with two attached hydrogens (primary N) is 1. The SMILES string of the molecule is COc1ncnnc1C(N)=O. The van der Waals surface area contributed by atoms with Crippen LogP contribution in [0.1, 0.15) is 10.5 Å². The van der Waals surface area contributed by atoms with Crippen LogP contribution in [-0.4, -0.2) is 28.2 Å². The standard InChI is InChI=1S/C5H6N4O2/c1-11-5-3(4(6)10)9-8-2-7-5/h2H,1H3,(H2,6,10). The molecule has 0 atom stereocenters. The Labute approximate surface area is 62.4 Å². The summed E-state index contributed by atoms with van der Waals surface area (Å²) in [4.78, 5) is 14.2. The monoisotopic (exact) mass is 154 g/mol. The number of aromatic nitrogens is 3. The number of carbonyl (C=O) groups excluding carboxylic acids is 1. The average molecular weight is 154 g/mol. The van der Waals surface area contributed by atoms with Gasteiger partial charge in [-0.1, -0.05) is 0 Å². The number of primary amides is 1. The van der Waals surface area contributed by atoms with Gasteiger partial charge in [0, 0.05) is 0 Å². The second-order valence-electron chi connectivity index (χ2n) is 1.68. The predicted octanol–water partition coefficient (Wildman–Crippen LogP) is -1.02. The minimum atomic E-state index is -0.706. The summed E-state index contributed by atoms with van der Waals surface area (Å²) in [5.74, 6) is -0.616. The van der Waals surface area contributed by atoms with Crippen LogP contribution in [0.4, 0.5) is 0 Å². The molecule has 2 N–H and O–H groups in total. The molecule has 1 aromatic heterocycles. The van der Waals surface area contributed by atoms with E-state index in [0.717, 1.165) is 0 Å². The van der Waals surface area contributed by atoms with Crippen molar-refractivity contribution in [3.63, 3.8) is 0 Å². The first-order valence-corrected chi connectivity index (χ1v) is 2.77. The number of ether oxygens (including phenoxy) is 1. The molecule has 1 rings (SSSR count). The predicted molar refractivity (Wildman–Crippen MR) is 34.9 cm³/mol. The number of nitrogens with zero attached hydrogens (tertiary/aromatic N) is 3. The molecule has 6 nitrogen and oxygen atoms in total. The van der Waals surface area contributed by atoms with Crippen LogP contribution >= 0.6 is 0 Å². The van der Waals surface area contributed by atoms with Gasteiger partial charge < -0.3 is 10.5 Å². The lowest BCUT2D eigenvalue weighted by atomic mass is 10.4. The van der Waals surface area contributed by atoms with Crippen molar-refractivity contribution in [2.75, 3.05) is 7.11 Å². The summed E-state index contributed by atoms with van der Waals surface area (Å²) < 4.78 is 4.69. The number of carbonyl (C=O) groups is 1. The van der Waals surface area contributed by atoms with Gasteiger partial charge >= 0.3 is 0 Å². The molecule has 0 aliphatic carbocycles. The lowest BCUT2D eigenvalue weighted by Crippen LogP contribution is -2.15. The fourth-order valence-electron chi connectivity index (χ4n) is 0.570. The quantitative estimate of drug-likeness (QED) is 0.588. The van der Waals surface area contributed by atoms with Crippen LogP contribution in [-0.2, 0) is 0 Å². The van der Waals surface area contributed by atoms with Gasteiger partial charge in [-0.3, -0.25) is 4.79 Å². The highest BCUT2D eigenvalue weighted by Crippen LogP contribution is 2.06. The Morgan fingerprint density at radius 2 is 2.45 bits per heavy atom. The highest BCUT2D eigenvalue weighted by molar-refractivity contribution is 5.92. The second kappa shape index (κ2) is 2.91. The van der Waals surface area contributed by atoms with Crippen molar-refractivity contribution in [3.05, 3.63) is 12.0 Å². The van der Waals surface area contributed by atoms with Crippen molar-refractivity contribution in [1.29, 1.82) is 0 Å². The molecule has 0 aromatic carbocycles. The normalized spacial score (nSPS) is 9.18. The molecule has 0 fully saturated rings. The number of rotatable bonds is 2. The number of methoxy groups -OCH3 is 1. The van der Waals surface area contributed by atoms with Crippen molar-refractivity contribution >= 4 is 5.91 Å². The molecule has 58 valence electrons. The largest absolute Gasteiger partial charge is 0.479 e. The number of amides is 1. The van der Waals surface area contributed by atoms with Gasteiger partial charge in [0.05, 0.1) is 7.11 Å². The first-order chi connectivity index (χ1) is 5.25. The van der Waals surface area contributed by atoms with Crippen LogP contribution in [0.15, 0.2) is 6.33 Å². The molecule has 0 spiro atoms. The van der Waals surface area contributed by atoms with Gasteiger partial charge in [0.1, 0.15) is 6.33 Å². The lowest BCUT2D eigenvalue weighted by Gasteiger charge is -1.98. The van der Waals surface area contributed by atoms with Crippen molar-refractivity contribution in [2.45, 2.75) is 0 Å². The fourth-order valence-corrected chi connectivity index (χ4v) is 0.570.